The van der Waals surface area contributed by atoms with Gasteiger partial charge in [0.05, 0.1) is 6.61 Å². The van der Waals surface area contributed by atoms with Gasteiger partial charge in [0.15, 0.2) is 5.92 Å². The molecular weight excluding hydrogens is 220 g/mol. The van der Waals surface area contributed by atoms with Gasteiger partial charge in [0.2, 0.25) is 0 Å². The molecule has 1 unspecified atom stereocenters. The van der Waals surface area contributed by atoms with E-state index < -0.39 is 17.9 Å². The Morgan fingerprint density at radius 1 is 1.06 bits per heavy atom. The molecule has 0 aromatic rings. The van der Waals surface area contributed by atoms with Crippen molar-refractivity contribution in [2.24, 2.45) is 5.92 Å². The maximum absolute atomic E-state index is 11.3. The standard InChI is InChI=1S/C13H24O4/c1-3-5-6-7-8-9-10-11(12(14)15)13(16)17-4-2/h11H,3-10H2,1-2H3,(H,14,15). The zero-order valence-corrected chi connectivity index (χ0v) is 10.9. The van der Waals surface area contributed by atoms with Gasteiger partial charge in [0, 0.05) is 0 Å². The van der Waals surface area contributed by atoms with Crippen molar-refractivity contribution < 1.29 is 19.4 Å². The minimum Gasteiger partial charge on any atom is -0.481 e. The first-order valence-corrected chi connectivity index (χ1v) is 6.52. The van der Waals surface area contributed by atoms with Crippen LogP contribution in [0.15, 0.2) is 0 Å². The first-order chi connectivity index (χ1) is 8.13. The summed E-state index contributed by atoms with van der Waals surface area (Å²) in [7, 11) is 0. The molecule has 4 heteroatoms. The summed E-state index contributed by atoms with van der Waals surface area (Å²) in [5.74, 6) is -2.66. The van der Waals surface area contributed by atoms with Gasteiger partial charge in [-0.2, -0.15) is 0 Å². The van der Waals surface area contributed by atoms with Crippen LogP contribution in [0.1, 0.15) is 58.8 Å². The predicted molar refractivity (Wildman–Crippen MR) is 65.8 cm³/mol. The van der Waals surface area contributed by atoms with Crippen molar-refractivity contribution in [1.82, 2.24) is 0 Å². The number of hydrogen-bond acceptors (Lipinski definition) is 3. The maximum atomic E-state index is 11.3. The number of aliphatic carboxylic acids is 1. The molecule has 4 nitrogen and oxygen atoms in total. The van der Waals surface area contributed by atoms with Crippen LogP contribution in [-0.4, -0.2) is 23.7 Å². The van der Waals surface area contributed by atoms with Crippen LogP contribution in [0, 0.1) is 5.92 Å². The van der Waals surface area contributed by atoms with Crippen molar-refractivity contribution >= 4 is 11.9 Å². The highest BCUT2D eigenvalue weighted by molar-refractivity contribution is 5.93. The molecule has 0 spiro atoms. The lowest BCUT2D eigenvalue weighted by Gasteiger charge is -2.10. The average molecular weight is 244 g/mol. The largest absolute Gasteiger partial charge is 0.481 e. The average Bonchev–Trinajstić information content (AvgIpc) is 2.27. The van der Waals surface area contributed by atoms with E-state index in [0.29, 0.717) is 6.42 Å². The molecule has 1 atom stereocenters. The Hall–Kier alpha value is -1.06. The molecule has 17 heavy (non-hydrogen) atoms. The zero-order chi connectivity index (χ0) is 13.1. The summed E-state index contributed by atoms with van der Waals surface area (Å²) in [6, 6.07) is 0. The van der Waals surface area contributed by atoms with Crippen molar-refractivity contribution in [1.29, 1.82) is 0 Å². The zero-order valence-electron chi connectivity index (χ0n) is 10.9. The third-order valence-electron chi connectivity index (χ3n) is 2.72. The molecular formula is C13H24O4. The summed E-state index contributed by atoms with van der Waals surface area (Å²) >= 11 is 0. The van der Waals surface area contributed by atoms with E-state index in [9.17, 15) is 9.59 Å². The van der Waals surface area contributed by atoms with Gasteiger partial charge in [-0.3, -0.25) is 9.59 Å². The van der Waals surface area contributed by atoms with E-state index in [4.69, 9.17) is 9.84 Å². The molecule has 0 amide bonds. The highest BCUT2D eigenvalue weighted by Gasteiger charge is 2.26. The summed E-state index contributed by atoms with van der Waals surface area (Å²) < 4.78 is 4.74. The molecule has 0 aromatic heterocycles. The molecule has 1 N–H and O–H groups in total. The van der Waals surface area contributed by atoms with Gasteiger partial charge >= 0.3 is 11.9 Å². The number of hydrogen-bond donors (Lipinski definition) is 1. The molecule has 0 aliphatic carbocycles. The number of carboxylic acid groups (broad SMARTS) is 1. The number of rotatable bonds is 10. The first kappa shape index (κ1) is 15.9. The Kier molecular flexibility index (Phi) is 9.49. The van der Waals surface area contributed by atoms with Crippen LogP contribution in [-0.2, 0) is 14.3 Å². The fourth-order valence-corrected chi connectivity index (χ4v) is 1.71. The lowest BCUT2D eigenvalue weighted by molar-refractivity contribution is -0.158. The molecule has 100 valence electrons. The molecule has 0 fully saturated rings. The van der Waals surface area contributed by atoms with Crippen LogP contribution in [0.5, 0.6) is 0 Å². The second kappa shape index (κ2) is 10.1. The van der Waals surface area contributed by atoms with Crippen molar-refractivity contribution in [2.75, 3.05) is 6.61 Å². The van der Waals surface area contributed by atoms with E-state index in [2.05, 4.69) is 6.92 Å². The summed E-state index contributed by atoms with van der Waals surface area (Å²) in [5, 5.41) is 8.91. The number of ether oxygens (including phenoxy) is 1. The van der Waals surface area contributed by atoms with Crippen LogP contribution in [0.25, 0.3) is 0 Å². The van der Waals surface area contributed by atoms with Crippen LogP contribution in [0.4, 0.5) is 0 Å². The maximum Gasteiger partial charge on any atom is 0.320 e. The Morgan fingerprint density at radius 3 is 2.18 bits per heavy atom. The SMILES string of the molecule is CCCCCCCCC(C(=O)O)C(=O)OCC. The molecule has 0 heterocycles. The Morgan fingerprint density at radius 2 is 1.65 bits per heavy atom. The Labute approximate surface area is 103 Å². The van der Waals surface area contributed by atoms with Crippen molar-refractivity contribution in [3.63, 3.8) is 0 Å². The van der Waals surface area contributed by atoms with Crippen LogP contribution in [0.2, 0.25) is 0 Å². The third-order valence-corrected chi connectivity index (χ3v) is 2.72. The van der Waals surface area contributed by atoms with Gasteiger partial charge in [0.1, 0.15) is 0 Å². The topological polar surface area (TPSA) is 63.6 Å². The minimum atomic E-state index is -1.07. The Bertz CT molecular complexity index is 225. The van der Waals surface area contributed by atoms with Gasteiger partial charge in [-0.25, -0.2) is 0 Å². The van der Waals surface area contributed by atoms with Crippen molar-refractivity contribution in [3.8, 4) is 0 Å². The fourth-order valence-electron chi connectivity index (χ4n) is 1.71. The molecule has 0 saturated heterocycles. The summed E-state index contributed by atoms with van der Waals surface area (Å²) in [4.78, 5) is 22.2. The summed E-state index contributed by atoms with van der Waals surface area (Å²) in [5.41, 5.74) is 0. The van der Waals surface area contributed by atoms with E-state index in [1.54, 1.807) is 6.92 Å². The van der Waals surface area contributed by atoms with Gasteiger partial charge in [-0.15, -0.1) is 0 Å². The number of carbonyl (C=O) groups is 2. The van der Waals surface area contributed by atoms with E-state index in [1.165, 1.54) is 19.3 Å². The van der Waals surface area contributed by atoms with Gasteiger partial charge in [-0.1, -0.05) is 45.4 Å². The summed E-state index contributed by atoms with van der Waals surface area (Å²) in [6.07, 6.45) is 6.88. The van der Waals surface area contributed by atoms with Gasteiger partial charge < -0.3 is 9.84 Å². The van der Waals surface area contributed by atoms with Gasteiger partial charge in [-0.05, 0) is 13.3 Å². The molecule has 0 bridgehead atoms. The molecule has 0 saturated carbocycles. The normalized spacial score (nSPS) is 12.1. The minimum absolute atomic E-state index is 0.235. The van der Waals surface area contributed by atoms with Crippen LogP contribution >= 0.6 is 0 Å². The van der Waals surface area contributed by atoms with E-state index in [0.717, 1.165) is 19.3 Å². The first-order valence-electron chi connectivity index (χ1n) is 6.52. The predicted octanol–water partition coefficient (Wildman–Crippen LogP) is 3.00. The monoisotopic (exact) mass is 244 g/mol. The number of unbranched alkanes of at least 4 members (excludes halogenated alkanes) is 5. The molecule has 0 rings (SSSR count). The van der Waals surface area contributed by atoms with Crippen LogP contribution in [0.3, 0.4) is 0 Å². The smallest absolute Gasteiger partial charge is 0.320 e. The lowest BCUT2D eigenvalue weighted by atomic mass is 10.0. The molecule has 0 aliphatic rings. The molecule has 0 aromatic carbocycles. The second-order valence-corrected chi connectivity index (χ2v) is 4.20. The number of carbonyl (C=O) groups excluding carboxylic acids is 1. The van der Waals surface area contributed by atoms with Crippen molar-refractivity contribution in [3.05, 3.63) is 0 Å². The molecule has 0 radical (unpaired) electrons. The van der Waals surface area contributed by atoms with E-state index in [-0.39, 0.29) is 6.61 Å². The third kappa shape index (κ3) is 7.77. The lowest BCUT2D eigenvalue weighted by Crippen LogP contribution is -2.25. The van der Waals surface area contributed by atoms with Crippen LogP contribution < -0.4 is 0 Å². The highest BCUT2D eigenvalue weighted by Crippen LogP contribution is 2.14. The van der Waals surface area contributed by atoms with Gasteiger partial charge in [0.25, 0.3) is 0 Å². The Balaban J connectivity index is 3.78. The molecule has 0 aliphatic heterocycles. The summed E-state index contributed by atoms with van der Waals surface area (Å²) in [6.45, 7) is 4.07. The van der Waals surface area contributed by atoms with E-state index >= 15 is 0 Å². The van der Waals surface area contributed by atoms with E-state index in [1.807, 2.05) is 0 Å². The second-order valence-electron chi connectivity index (χ2n) is 4.20. The quantitative estimate of drug-likeness (QED) is 0.364. The number of esters is 1. The van der Waals surface area contributed by atoms with Crippen molar-refractivity contribution in [2.45, 2.75) is 58.8 Å². The fraction of sp³-hybridized carbons (Fsp3) is 0.846. The highest BCUT2D eigenvalue weighted by atomic mass is 16.5. The number of carboxylic acids is 1.